The molecular weight excluding hydrogens is 352 g/mol. The van der Waals surface area contributed by atoms with E-state index in [-0.39, 0.29) is 30.4 Å². The fraction of sp³-hybridized carbons (Fsp3) is 0.348. The molecule has 0 unspecified atom stereocenters. The molecule has 1 saturated carbocycles. The lowest BCUT2D eigenvalue weighted by atomic mass is 9.93. The molecule has 0 aromatic heterocycles. The first kappa shape index (κ1) is 19.8. The molecule has 28 heavy (non-hydrogen) atoms. The molecule has 0 saturated heterocycles. The molecule has 2 atom stereocenters. The van der Waals surface area contributed by atoms with E-state index in [0.29, 0.717) is 13.1 Å². The third kappa shape index (κ3) is 4.66. The van der Waals surface area contributed by atoms with E-state index in [9.17, 15) is 14.4 Å². The van der Waals surface area contributed by atoms with Crippen LogP contribution in [0.4, 0.5) is 0 Å². The minimum atomic E-state index is -0.577. The molecule has 1 aliphatic rings. The highest BCUT2D eigenvalue weighted by molar-refractivity contribution is 5.98. The van der Waals surface area contributed by atoms with Crippen molar-refractivity contribution in [3.8, 4) is 0 Å². The van der Waals surface area contributed by atoms with E-state index in [1.165, 1.54) is 0 Å². The van der Waals surface area contributed by atoms with E-state index in [4.69, 9.17) is 0 Å². The lowest BCUT2D eigenvalue weighted by molar-refractivity contribution is -0.144. The van der Waals surface area contributed by atoms with Gasteiger partial charge in [0.1, 0.15) is 5.78 Å². The highest BCUT2D eigenvalue weighted by Gasteiger charge is 2.44. The van der Waals surface area contributed by atoms with Crippen molar-refractivity contribution >= 4 is 17.6 Å². The minimum absolute atomic E-state index is 0.0158. The van der Waals surface area contributed by atoms with Crippen molar-refractivity contribution in [2.75, 3.05) is 14.1 Å². The number of amides is 2. The van der Waals surface area contributed by atoms with Gasteiger partial charge in [-0.1, -0.05) is 60.7 Å². The Kier molecular flexibility index (Phi) is 6.24. The maximum atomic E-state index is 13.0. The lowest BCUT2D eigenvalue weighted by Crippen LogP contribution is -2.40. The predicted molar refractivity (Wildman–Crippen MR) is 107 cm³/mol. The van der Waals surface area contributed by atoms with E-state index in [1.807, 2.05) is 60.7 Å². The summed E-state index contributed by atoms with van der Waals surface area (Å²) in [5, 5.41) is 0. The van der Waals surface area contributed by atoms with Crippen molar-refractivity contribution in [1.29, 1.82) is 0 Å². The Hall–Kier alpha value is -2.95. The molecule has 3 rings (SSSR count). The zero-order valence-corrected chi connectivity index (χ0v) is 16.4. The maximum absolute atomic E-state index is 13.0. The second kappa shape index (κ2) is 8.83. The molecule has 1 fully saturated rings. The fourth-order valence-electron chi connectivity index (χ4n) is 3.81. The molecule has 0 bridgehead atoms. The van der Waals surface area contributed by atoms with Gasteiger partial charge in [0.05, 0.1) is 11.8 Å². The summed E-state index contributed by atoms with van der Waals surface area (Å²) in [4.78, 5) is 41.3. The number of carbonyl (C=O) groups excluding carboxylic acids is 3. The molecule has 2 aromatic rings. The van der Waals surface area contributed by atoms with Crippen LogP contribution in [-0.4, -0.2) is 41.5 Å². The number of Topliss-reactive ketones (excluding diaryl/α,β-unsaturated/α-hetero) is 1. The molecule has 0 radical (unpaired) electrons. The van der Waals surface area contributed by atoms with Crippen molar-refractivity contribution in [3.63, 3.8) is 0 Å². The second-order valence-electron chi connectivity index (χ2n) is 7.52. The van der Waals surface area contributed by atoms with Crippen molar-refractivity contribution in [3.05, 3.63) is 71.8 Å². The molecule has 0 heterocycles. The van der Waals surface area contributed by atoms with Crippen LogP contribution in [0.3, 0.4) is 0 Å². The zero-order chi connectivity index (χ0) is 20.1. The number of rotatable bonds is 6. The van der Waals surface area contributed by atoms with E-state index in [1.54, 1.807) is 23.9 Å². The minimum Gasteiger partial charge on any atom is -0.341 e. The van der Waals surface area contributed by atoms with Gasteiger partial charge in [-0.25, -0.2) is 0 Å². The summed E-state index contributed by atoms with van der Waals surface area (Å²) < 4.78 is 0. The number of nitrogens with zero attached hydrogens (tertiary/aromatic N) is 2. The van der Waals surface area contributed by atoms with Crippen molar-refractivity contribution in [2.45, 2.75) is 25.9 Å². The third-order valence-corrected chi connectivity index (χ3v) is 5.29. The van der Waals surface area contributed by atoms with E-state index < -0.39 is 11.8 Å². The summed E-state index contributed by atoms with van der Waals surface area (Å²) in [6, 6.07) is 19.4. The molecular formula is C23H26N2O3. The van der Waals surface area contributed by atoms with Crippen molar-refractivity contribution < 1.29 is 14.4 Å². The van der Waals surface area contributed by atoms with Gasteiger partial charge in [0.25, 0.3) is 0 Å². The van der Waals surface area contributed by atoms with Gasteiger partial charge in [0, 0.05) is 40.0 Å². The summed E-state index contributed by atoms with van der Waals surface area (Å²) in [5.74, 6) is -1.45. The summed E-state index contributed by atoms with van der Waals surface area (Å²) in [7, 11) is 3.46. The highest BCUT2D eigenvalue weighted by Crippen LogP contribution is 2.32. The van der Waals surface area contributed by atoms with E-state index in [0.717, 1.165) is 11.1 Å². The Balaban J connectivity index is 1.68. The smallest absolute Gasteiger partial charge is 0.226 e. The van der Waals surface area contributed by atoms with Crippen LogP contribution in [0, 0.1) is 11.8 Å². The third-order valence-electron chi connectivity index (χ3n) is 5.29. The number of ketones is 1. The Bertz CT molecular complexity index is 766. The molecule has 2 aromatic carbocycles. The van der Waals surface area contributed by atoms with Gasteiger partial charge in [-0.3, -0.25) is 14.4 Å². The van der Waals surface area contributed by atoms with Crippen LogP contribution < -0.4 is 0 Å². The first-order valence-corrected chi connectivity index (χ1v) is 9.55. The zero-order valence-electron chi connectivity index (χ0n) is 16.4. The monoisotopic (exact) mass is 378 g/mol. The van der Waals surface area contributed by atoms with Crippen LogP contribution in [0.15, 0.2) is 60.7 Å². The van der Waals surface area contributed by atoms with Gasteiger partial charge in [-0.2, -0.15) is 0 Å². The van der Waals surface area contributed by atoms with E-state index >= 15 is 0 Å². The van der Waals surface area contributed by atoms with Gasteiger partial charge >= 0.3 is 0 Å². The fourth-order valence-corrected chi connectivity index (χ4v) is 3.81. The van der Waals surface area contributed by atoms with Crippen LogP contribution in [-0.2, 0) is 27.5 Å². The Morgan fingerprint density at radius 2 is 1.11 bits per heavy atom. The predicted octanol–water partition coefficient (Wildman–Crippen LogP) is 2.90. The standard InChI is InChI=1S/C23H26N2O3/c1-24(15-17-9-5-3-6-10-17)22(27)20-13-19(26)14-21(20)23(28)25(2)16-18-11-7-4-8-12-18/h3-12,20-21H,13-16H2,1-2H3/t20-,21-/m0/s1. The van der Waals surface area contributed by atoms with Crippen LogP contribution in [0.1, 0.15) is 24.0 Å². The summed E-state index contributed by atoms with van der Waals surface area (Å²) >= 11 is 0. The number of hydrogen-bond acceptors (Lipinski definition) is 3. The van der Waals surface area contributed by atoms with Crippen LogP contribution in [0.25, 0.3) is 0 Å². The lowest BCUT2D eigenvalue weighted by Gasteiger charge is -2.27. The molecule has 146 valence electrons. The molecule has 1 aliphatic carbocycles. The van der Waals surface area contributed by atoms with Crippen LogP contribution >= 0.6 is 0 Å². The van der Waals surface area contributed by atoms with Crippen LogP contribution in [0.2, 0.25) is 0 Å². The average Bonchev–Trinajstić information content (AvgIpc) is 3.09. The molecule has 0 spiro atoms. The van der Waals surface area contributed by atoms with Gasteiger partial charge in [0.2, 0.25) is 11.8 Å². The van der Waals surface area contributed by atoms with Gasteiger partial charge in [-0.15, -0.1) is 0 Å². The number of hydrogen-bond donors (Lipinski definition) is 0. The summed E-state index contributed by atoms with van der Waals surface area (Å²) in [6.07, 6.45) is 0.293. The Labute approximate surface area is 166 Å². The van der Waals surface area contributed by atoms with Crippen molar-refractivity contribution in [1.82, 2.24) is 9.80 Å². The number of benzene rings is 2. The Morgan fingerprint density at radius 1 is 0.750 bits per heavy atom. The van der Waals surface area contributed by atoms with Crippen molar-refractivity contribution in [2.24, 2.45) is 11.8 Å². The number of carbonyl (C=O) groups is 3. The summed E-state index contributed by atoms with van der Waals surface area (Å²) in [6.45, 7) is 0.927. The summed E-state index contributed by atoms with van der Waals surface area (Å²) in [5.41, 5.74) is 2.04. The van der Waals surface area contributed by atoms with Gasteiger partial charge in [0.15, 0.2) is 0 Å². The molecule has 5 nitrogen and oxygen atoms in total. The molecule has 0 aliphatic heterocycles. The SMILES string of the molecule is CN(Cc1ccccc1)C(=O)[C@H]1CC(=O)C[C@@H]1C(=O)N(C)Cc1ccccc1. The molecule has 0 N–H and O–H groups in total. The highest BCUT2D eigenvalue weighted by atomic mass is 16.2. The van der Waals surface area contributed by atoms with Crippen LogP contribution in [0.5, 0.6) is 0 Å². The topological polar surface area (TPSA) is 57.7 Å². The second-order valence-corrected chi connectivity index (χ2v) is 7.52. The molecule has 2 amide bonds. The quantitative estimate of drug-likeness (QED) is 0.777. The van der Waals surface area contributed by atoms with Gasteiger partial charge in [-0.05, 0) is 11.1 Å². The Morgan fingerprint density at radius 3 is 1.46 bits per heavy atom. The van der Waals surface area contributed by atoms with Gasteiger partial charge < -0.3 is 9.80 Å². The maximum Gasteiger partial charge on any atom is 0.226 e. The normalized spacial score (nSPS) is 18.7. The average molecular weight is 378 g/mol. The van der Waals surface area contributed by atoms with E-state index in [2.05, 4.69) is 0 Å². The molecule has 5 heteroatoms. The first-order chi connectivity index (χ1) is 13.5. The first-order valence-electron chi connectivity index (χ1n) is 9.55. The largest absolute Gasteiger partial charge is 0.341 e.